The van der Waals surface area contributed by atoms with Gasteiger partial charge in [-0.1, -0.05) is 85.0 Å². The minimum Gasteiger partial charge on any atom is -0.381 e. The van der Waals surface area contributed by atoms with Crippen molar-refractivity contribution in [2.75, 3.05) is 26.7 Å². The predicted octanol–water partition coefficient (Wildman–Crippen LogP) is 6.43. The average molecular weight is 328 g/mol. The number of rotatable bonds is 13. The van der Waals surface area contributed by atoms with E-state index in [2.05, 4.69) is 11.8 Å². The van der Waals surface area contributed by atoms with Gasteiger partial charge in [-0.3, -0.25) is 0 Å². The molecule has 0 unspecified atom stereocenters. The lowest BCUT2D eigenvalue weighted by atomic mass is 10.0. The fraction of sp³-hybridized carbons (Fsp3) is 1.00. The van der Waals surface area contributed by atoms with Crippen molar-refractivity contribution < 1.29 is 4.74 Å². The Morgan fingerprint density at radius 3 is 1.61 bits per heavy atom. The van der Waals surface area contributed by atoms with Crippen molar-refractivity contribution in [1.82, 2.24) is 4.90 Å². The second-order valence-electron chi connectivity index (χ2n) is 6.81. The van der Waals surface area contributed by atoms with Gasteiger partial charge in [-0.2, -0.15) is 0 Å². The Hall–Kier alpha value is -0.0800. The van der Waals surface area contributed by atoms with Crippen LogP contribution in [-0.4, -0.2) is 37.7 Å². The van der Waals surface area contributed by atoms with E-state index in [9.17, 15) is 0 Å². The third-order valence-corrected chi connectivity index (χ3v) is 4.95. The van der Waals surface area contributed by atoms with Crippen LogP contribution in [0.5, 0.6) is 0 Å². The largest absolute Gasteiger partial charge is 0.381 e. The third kappa shape index (κ3) is 14.0. The lowest BCUT2D eigenvalue weighted by Crippen LogP contribution is -2.37. The monoisotopic (exact) mass is 327 g/mol. The van der Waals surface area contributed by atoms with E-state index in [1.165, 1.54) is 103 Å². The van der Waals surface area contributed by atoms with Crippen LogP contribution in [-0.2, 0) is 4.74 Å². The van der Waals surface area contributed by atoms with Crippen molar-refractivity contribution in [1.29, 1.82) is 0 Å². The number of hydrogen-bond donors (Lipinski definition) is 0. The molecule has 1 aliphatic rings. The number of unbranched alkanes of at least 4 members (excludes halogenated alkanes) is 10. The molecule has 0 aromatic rings. The molecule has 1 aliphatic heterocycles. The van der Waals surface area contributed by atoms with Crippen molar-refractivity contribution >= 4 is 0 Å². The van der Waals surface area contributed by atoms with Crippen molar-refractivity contribution in [2.45, 2.75) is 110 Å². The van der Waals surface area contributed by atoms with Crippen molar-refractivity contribution in [3.05, 3.63) is 0 Å². The van der Waals surface area contributed by atoms with Crippen LogP contribution in [0.15, 0.2) is 0 Å². The zero-order valence-electron chi connectivity index (χ0n) is 16.7. The van der Waals surface area contributed by atoms with Crippen molar-refractivity contribution in [3.8, 4) is 0 Å². The van der Waals surface area contributed by atoms with Gasteiger partial charge in [0, 0.05) is 20.2 Å². The fourth-order valence-corrected chi connectivity index (χ4v) is 3.37. The molecule has 0 radical (unpaired) electrons. The van der Waals surface area contributed by atoms with Gasteiger partial charge in [-0.15, -0.1) is 0 Å². The molecule has 0 spiro atoms. The summed E-state index contributed by atoms with van der Waals surface area (Å²) in [4.78, 5) is 2.63. The molecule has 0 atom stereocenters. The summed E-state index contributed by atoms with van der Waals surface area (Å²) in [6.45, 7) is 10.1. The first-order valence-corrected chi connectivity index (χ1v) is 10.6. The molecule has 2 heteroatoms. The summed E-state index contributed by atoms with van der Waals surface area (Å²) in [7, 11) is 1.85. The molecule has 1 rings (SSSR count). The smallest absolute Gasteiger partial charge is 0.0595 e. The van der Waals surface area contributed by atoms with Crippen molar-refractivity contribution in [3.63, 3.8) is 0 Å². The molecule has 1 heterocycles. The summed E-state index contributed by atoms with van der Waals surface area (Å²) in [5.74, 6) is 0. The van der Waals surface area contributed by atoms with Crippen LogP contribution in [0.1, 0.15) is 104 Å². The van der Waals surface area contributed by atoms with Gasteiger partial charge in [0.2, 0.25) is 0 Å². The van der Waals surface area contributed by atoms with Crippen LogP contribution in [0.3, 0.4) is 0 Å². The number of hydrogen-bond acceptors (Lipinski definition) is 2. The summed E-state index contributed by atoms with van der Waals surface area (Å²) >= 11 is 0. The lowest BCUT2D eigenvalue weighted by Gasteiger charge is -2.31. The first kappa shape index (κ1) is 22.9. The average Bonchev–Trinajstić information content (AvgIpc) is 2.62. The minimum atomic E-state index is 0.526. The van der Waals surface area contributed by atoms with Crippen LogP contribution in [0.4, 0.5) is 0 Å². The number of ether oxygens (including phenoxy) is 1. The van der Waals surface area contributed by atoms with Gasteiger partial charge in [0.15, 0.2) is 0 Å². The topological polar surface area (TPSA) is 12.5 Å². The lowest BCUT2D eigenvalue weighted by molar-refractivity contribution is 0.0407. The molecule has 140 valence electrons. The molecule has 0 N–H and O–H groups in total. The van der Waals surface area contributed by atoms with Gasteiger partial charge in [-0.25, -0.2) is 0 Å². The van der Waals surface area contributed by atoms with Gasteiger partial charge in [0.1, 0.15) is 0 Å². The van der Waals surface area contributed by atoms with E-state index in [0.29, 0.717) is 6.10 Å². The first-order valence-electron chi connectivity index (χ1n) is 10.6. The molecule has 0 aromatic carbocycles. The van der Waals surface area contributed by atoms with Gasteiger partial charge >= 0.3 is 0 Å². The number of piperidine rings is 1. The molecule has 1 fully saturated rings. The van der Waals surface area contributed by atoms with E-state index in [1.807, 2.05) is 21.0 Å². The van der Waals surface area contributed by atoms with Crippen LogP contribution >= 0.6 is 0 Å². The number of likely N-dealkylation sites (tertiary alicyclic amines) is 1. The fourth-order valence-electron chi connectivity index (χ4n) is 3.37. The Bertz CT molecular complexity index is 212. The van der Waals surface area contributed by atoms with Gasteiger partial charge in [-0.05, 0) is 25.8 Å². The highest BCUT2D eigenvalue weighted by Crippen LogP contribution is 2.15. The Morgan fingerprint density at radius 2 is 1.17 bits per heavy atom. The highest BCUT2D eigenvalue weighted by Gasteiger charge is 2.17. The normalized spacial score (nSPS) is 16.2. The van der Waals surface area contributed by atoms with E-state index >= 15 is 0 Å². The van der Waals surface area contributed by atoms with E-state index in [-0.39, 0.29) is 0 Å². The second kappa shape index (κ2) is 18.3. The van der Waals surface area contributed by atoms with Crippen LogP contribution in [0, 0.1) is 0 Å². The van der Waals surface area contributed by atoms with Crippen LogP contribution < -0.4 is 0 Å². The predicted molar refractivity (Wildman–Crippen MR) is 104 cm³/mol. The quantitative estimate of drug-likeness (QED) is 0.361. The van der Waals surface area contributed by atoms with E-state index < -0.39 is 0 Å². The molecule has 2 nitrogen and oxygen atoms in total. The molecule has 0 amide bonds. The molecule has 1 saturated heterocycles. The molecule has 0 bridgehead atoms. The highest BCUT2D eigenvalue weighted by molar-refractivity contribution is 4.71. The summed E-state index contributed by atoms with van der Waals surface area (Å²) in [6.07, 6.45) is 18.8. The zero-order valence-corrected chi connectivity index (χ0v) is 16.7. The SMILES string of the molecule is CC.CCCCCCCCCCCCCN1CCC(OC)CC1. The Morgan fingerprint density at radius 1 is 0.739 bits per heavy atom. The standard InChI is InChI=1S/C19H39NO.C2H6/c1-3-4-5-6-7-8-9-10-11-12-13-16-20-17-14-19(21-2)15-18-20;1-2/h19H,3-18H2,1-2H3;1-2H3. The molecule has 0 saturated carbocycles. The maximum Gasteiger partial charge on any atom is 0.0595 e. The van der Waals surface area contributed by atoms with Gasteiger partial charge in [0.05, 0.1) is 6.10 Å². The maximum atomic E-state index is 5.42. The molecule has 23 heavy (non-hydrogen) atoms. The third-order valence-electron chi connectivity index (χ3n) is 4.95. The molecule has 0 aromatic heterocycles. The Balaban J connectivity index is 0.00000232. The molecular formula is C21H45NO. The zero-order chi connectivity index (χ0) is 17.2. The van der Waals surface area contributed by atoms with Crippen LogP contribution in [0.25, 0.3) is 0 Å². The van der Waals surface area contributed by atoms with E-state index in [1.54, 1.807) is 0 Å². The van der Waals surface area contributed by atoms with E-state index in [0.717, 1.165) is 0 Å². The van der Waals surface area contributed by atoms with E-state index in [4.69, 9.17) is 4.74 Å². The first-order chi connectivity index (χ1) is 11.4. The number of nitrogens with zero attached hydrogens (tertiary/aromatic N) is 1. The minimum absolute atomic E-state index is 0.526. The maximum absolute atomic E-state index is 5.42. The summed E-state index contributed by atoms with van der Waals surface area (Å²) in [5, 5.41) is 0. The Kier molecular flexibility index (Phi) is 18.2. The molecular weight excluding hydrogens is 282 g/mol. The second-order valence-corrected chi connectivity index (χ2v) is 6.81. The van der Waals surface area contributed by atoms with Crippen molar-refractivity contribution in [2.24, 2.45) is 0 Å². The van der Waals surface area contributed by atoms with Crippen LogP contribution in [0.2, 0.25) is 0 Å². The summed E-state index contributed by atoms with van der Waals surface area (Å²) in [6, 6.07) is 0. The Labute approximate surface area is 147 Å². The molecule has 0 aliphatic carbocycles. The number of methoxy groups -OCH3 is 1. The van der Waals surface area contributed by atoms with Gasteiger partial charge < -0.3 is 9.64 Å². The summed E-state index contributed by atoms with van der Waals surface area (Å²) in [5.41, 5.74) is 0. The highest BCUT2D eigenvalue weighted by atomic mass is 16.5. The summed E-state index contributed by atoms with van der Waals surface area (Å²) < 4.78 is 5.42. The van der Waals surface area contributed by atoms with Gasteiger partial charge in [0.25, 0.3) is 0 Å².